The van der Waals surface area contributed by atoms with Crippen molar-refractivity contribution in [3.63, 3.8) is 0 Å². The lowest BCUT2D eigenvalue weighted by Crippen LogP contribution is -2.39. The number of fused-ring (bicyclic) bond motifs is 2. The molecule has 0 fully saturated rings. The molecular formula is C39H41N5O4. The zero-order valence-electron chi connectivity index (χ0n) is 28.2. The lowest BCUT2D eigenvalue weighted by Gasteiger charge is -2.29. The summed E-state index contributed by atoms with van der Waals surface area (Å²) in [6.07, 6.45) is 7.63. The molecule has 0 saturated carbocycles. The van der Waals surface area contributed by atoms with Gasteiger partial charge in [-0.3, -0.25) is 9.67 Å². The summed E-state index contributed by atoms with van der Waals surface area (Å²) in [4.78, 5) is 24.5. The first-order valence-corrected chi connectivity index (χ1v) is 16.5. The highest BCUT2D eigenvalue weighted by atomic mass is 16.6. The quantitative estimate of drug-likeness (QED) is 0.179. The second kappa shape index (κ2) is 12.8. The molecule has 5 aromatic rings. The number of nitrogens with zero attached hydrogens (tertiary/aromatic N) is 5. The first-order chi connectivity index (χ1) is 23.2. The Bertz CT molecular complexity index is 2010. The van der Waals surface area contributed by atoms with Gasteiger partial charge in [-0.25, -0.2) is 9.78 Å². The lowest BCUT2D eigenvalue weighted by molar-refractivity contribution is 0.0270. The minimum Gasteiger partial charge on any atom is -0.497 e. The van der Waals surface area contributed by atoms with Crippen LogP contribution in [0.25, 0.3) is 39.1 Å². The monoisotopic (exact) mass is 643 g/mol. The zero-order valence-corrected chi connectivity index (χ0v) is 28.2. The second-order valence-electron chi connectivity index (χ2n) is 13.4. The van der Waals surface area contributed by atoms with Crippen molar-refractivity contribution in [2.24, 2.45) is 0 Å². The number of ether oxygens (including phenoxy) is 3. The number of carbonyl (C=O) groups excluding carboxylic acids is 1. The van der Waals surface area contributed by atoms with Gasteiger partial charge in [-0.15, -0.1) is 0 Å². The predicted octanol–water partition coefficient (Wildman–Crippen LogP) is 7.74. The molecule has 0 saturated heterocycles. The molecule has 4 heterocycles. The number of hydrogen-bond donors (Lipinski definition) is 0. The average Bonchev–Trinajstić information content (AvgIpc) is 3.72. The Hall–Kier alpha value is -5.18. The third-order valence-electron chi connectivity index (χ3n) is 9.03. The molecule has 1 amide bonds. The number of carbonyl (C=O) groups is 1. The van der Waals surface area contributed by atoms with E-state index < -0.39 is 5.60 Å². The van der Waals surface area contributed by atoms with Gasteiger partial charge < -0.3 is 19.1 Å². The van der Waals surface area contributed by atoms with Crippen molar-refractivity contribution >= 4 is 22.7 Å². The van der Waals surface area contributed by atoms with Gasteiger partial charge in [0.2, 0.25) is 0 Å². The van der Waals surface area contributed by atoms with Crippen LogP contribution in [0.1, 0.15) is 56.0 Å². The number of benzene rings is 2. The highest BCUT2D eigenvalue weighted by Gasteiger charge is 2.25. The molecule has 0 N–H and O–H groups in total. The molecule has 9 nitrogen and oxygen atoms in total. The Balaban J connectivity index is 1.26. The highest BCUT2D eigenvalue weighted by Crippen LogP contribution is 2.39. The third-order valence-corrected chi connectivity index (χ3v) is 9.03. The summed E-state index contributed by atoms with van der Waals surface area (Å²) in [5.41, 5.74) is 10.6. The molecule has 246 valence electrons. The largest absolute Gasteiger partial charge is 0.497 e. The van der Waals surface area contributed by atoms with Crippen molar-refractivity contribution in [3.05, 3.63) is 95.3 Å². The average molecular weight is 644 g/mol. The molecule has 9 heteroatoms. The molecule has 0 unspecified atom stereocenters. The van der Waals surface area contributed by atoms with E-state index in [0.717, 1.165) is 81.1 Å². The van der Waals surface area contributed by atoms with Gasteiger partial charge in [0.05, 0.1) is 32.0 Å². The summed E-state index contributed by atoms with van der Waals surface area (Å²) in [7, 11) is 3.37. The van der Waals surface area contributed by atoms with Gasteiger partial charge in [-0.05, 0) is 93.0 Å². The minimum atomic E-state index is -0.522. The lowest BCUT2D eigenvalue weighted by atomic mass is 9.99. The Kier molecular flexibility index (Phi) is 8.37. The molecule has 0 atom stereocenters. The number of aromatic nitrogens is 4. The molecule has 1 aliphatic carbocycles. The summed E-state index contributed by atoms with van der Waals surface area (Å²) in [6, 6.07) is 20.7. The second-order valence-corrected chi connectivity index (χ2v) is 13.4. The van der Waals surface area contributed by atoms with Gasteiger partial charge in [-0.2, -0.15) is 5.10 Å². The Labute approximate surface area is 281 Å². The normalized spacial score (nSPS) is 14.5. The molecule has 0 radical (unpaired) electrons. The van der Waals surface area contributed by atoms with Crippen molar-refractivity contribution in [2.45, 2.75) is 58.6 Å². The van der Waals surface area contributed by atoms with Crippen LogP contribution in [0.15, 0.2) is 72.9 Å². The van der Waals surface area contributed by atoms with Crippen molar-refractivity contribution < 1.29 is 19.0 Å². The van der Waals surface area contributed by atoms with Crippen LogP contribution in [0.2, 0.25) is 0 Å². The van der Waals surface area contributed by atoms with Crippen LogP contribution in [0.4, 0.5) is 4.79 Å². The summed E-state index contributed by atoms with van der Waals surface area (Å²) < 4.78 is 18.9. The molecular weight excluding hydrogens is 602 g/mol. The third kappa shape index (κ3) is 6.24. The number of rotatable bonds is 7. The van der Waals surface area contributed by atoms with Crippen molar-refractivity contribution in [1.82, 2.24) is 24.6 Å². The maximum Gasteiger partial charge on any atom is 0.410 e. The molecule has 2 aliphatic rings. The summed E-state index contributed by atoms with van der Waals surface area (Å²) in [5.74, 6) is 1.54. The maximum absolute atomic E-state index is 12.6. The van der Waals surface area contributed by atoms with E-state index in [9.17, 15) is 4.79 Å². The van der Waals surface area contributed by atoms with Crippen molar-refractivity contribution in [2.75, 3.05) is 27.3 Å². The van der Waals surface area contributed by atoms with E-state index in [1.54, 1.807) is 19.1 Å². The maximum atomic E-state index is 12.6. The van der Waals surface area contributed by atoms with Crippen LogP contribution in [-0.4, -0.2) is 63.7 Å². The van der Waals surface area contributed by atoms with Gasteiger partial charge in [-0.1, -0.05) is 36.4 Å². The van der Waals surface area contributed by atoms with Crippen LogP contribution >= 0.6 is 0 Å². The van der Waals surface area contributed by atoms with Gasteiger partial charge >= 0.3 is 6.09 Å². The molecule has 2 aromatic carbocycles. The number of pyridine rings is 2. The topological polar surface area (TPSA) is 91.6 Å². The molecule has 48 heavy (non-hydrogen) atoms. The van der Waals surface area contributed by atoms with Crippen LogP contribution < -0.4 is 9.47 Å². The van der Waals surface area contributed by atoms with E-state index in [1.807, 2.05) is 49.8 Å². The first kappa shape index (κ1) is 31.4. The summed E-state index contributed by atoms with van der Waals surface area (Å²) in [5, 5.41) is 5.14. The molecule has 0 bridgehead atoms. The van der Waals surface area contributed by atoms with E-state index in [0.29, 0.717) is 26.1 Å². The Morgan fingerprint density at radius 2 is 1.77 bits per heavy atom. The van der Waals surface area contributed by atoms with Crippen LogP contribution in [0, 0.1) is 0 Å². The Morgan fingerprint density at radius 1 is 0.938 bits per heavy atom. The highest BCUT2D eigenvalue weighted by molar-refractivity contribution is 5.93. The van der Waals surface area contributed by atoms with Crippen LogP contribution in [0.5, 0.6) is 11.5 Å². The summed E-state index contributed by atoms with van der Waals surface area (Å²) >= 11 is 0. The summed E-state index contributed by atoms with van der Waals surface area (Å²) in [6.45, 7) is 7.28. The SMILES string of the molecule is COc1ccc(Cn2nc(-c3ccc(C4=CCN(C(=O)OC(C)(C)C)CC4)nc3)c3nc(-c4cccc5c4CCC5)c(OC)cc32)cc1. The number of methoxy groups -OCH3 is 2. The van der Waals surface area contributed by atoms with Gasteiger partial charge in [0.1, 0.15) is 34.0 Å². The molecule has 3 aromatic heterocycles. The number of aryl methyl sites for hydroxylation is 1. The van der Waals surface area contributed by atoms with E-state index >= 15 is 0 Å². The first-order valence-electron chi connectivity index (χ1n) is 16.5. The van der Waals surface area contributed by atoms with Crippen molar-refractivity contribution in [1.29, 1.82) is 0 Å². The standard InChI is InChI=1S/C39H41N5O4/c1-39(2,3)48-38(45)43-20-18-27(19-21-43)32-17-14-28(23-40-32)35-37-33(44(42-35)24-25-12-15-29(46-4)16-13-25)22-34(47-5)36(41-37)31-11-7-9-26-8-6-10-30(26)31/h7,9,11-18,22-23H,6,8,10,19-21,24H2,1-5H3. The van der Waals surface area contributed by atoms with Gasteiger partial charge in [0.15, 0.2) is 0 Å². The van der Waals surface area contributed by atoms with E-state index in [-0.39, 0.29) is 6.09 Å². The fraction of sp³-hybridized carbons (Fsp3) is 0.333. The van der Waals surface area contributed by atoms with E-state index in [4.69, 9.17) is 29.3 Å². The number of amides is 1. The molecule has 1 aliphatic heterocycles. The van der Waals surface area contributed by atoms with Gasteiger partial charge in [0.25, 0.3) is 0 Å². The minimum absolute atomic E-state index is 0.290. The van der Waals surface area contributed by atoms with Crippen LogP contribution in [-0.2, 0) is 24.1 Å². The van der Waals surface area contributed by atoms with Crippen LogP contribution in [0.3, 0.4) is 0 Å². The number of hydrogen-bond acceptors (Lipinski definition) is 7. The fourth-order valence-electron chi connectivity index (χ4n) is 6.60. The van der Waals surface area contributed by atoms with Gasteiger partial charge in [0, 0.05) is 36.5 Å². The predicted molar refractivity (Wildman–Crippen MR) is 187 cm³/mol. The van der Waals surface area contributed by atoms with E-state index in [1.165, 1.54) is 11.1 Å². The smallest absolute Gasteiger partial charge is 0.410 e. The fourth-order valence-corrected chi connectivity index (χ4v) is 6.60. The van der Waals surface area contributed by atoms with E-state index in [2.05, 4.69) is 48.5 Å². The Morgan fingerprint density at radius 3 is 2.46 bits per heavy atom. The van der Waals surface area contributed by atoms with Crippen molar-refractivity contribution in [3.8, 4) is 34.0 Å². The zero-order chi connectivity index (χ0) is 33.4. The molecule has 7 rings (SSSR count). The molecule has 0 spiro atoms.